The molecule has 0 saturated heterocycles. The molecule has 10 aliphatic carbocycles. The van der Waals surface area contributed by atoms with Crippen LogP contribution in [0.3, 0.4) is 0 Å². The minimum atomic E-state index is -0.267. The molecule has 12 aliphatic rings. The Morgan fingerprint density at radius 1 is 0.506 bits per heavy atom. The molecule has 0 unspecified atom stereocenters. The highest BCUT2D eigenvalue weighted by Gasteiger charge is 2.57. The van der Waals surface area contributed by atoms with E-state index in [2.05, 4.69) is 182 Å². The van der Waals surface area contributed by atoms with Crippen molar-refractivity contribution in [2.45, 2.75) is 192 Å². The molecule has 2 nitrogen and oxygen atoms in total. The lowest BCUT2D eigenvalue weighted by molar-refractivity contribution is -0.00527. The number of rotatable bonds is 4. The van der Waals surface area contributed by atoms with Crippen molar-refractivity contribution in [3.05, 3.63) is 153 Å². The average molecular weight is 1010 g/mol. The zero-order valence-corrected chi connectivity index (χ0v) is 48.2. The number of benzene rings is 6. The second-order valence-corrected chi connectivity index (χ2v) is 31.3. The van der Waals surface area contributed by atoms with Gasteiger partial charge in [-0.25, -0.2) is 0 Å². The summed E-state index contributed by atoms with van der Waals surface area (Å²) in [4.78, 5) is 2.84. The van der Waals surface area contributed by atoms with Crippen LogP contribution in [0.1, 0.15) is 197 Å². The molecule has 8 bridgehead atoms. The molecule has 8 fully saturated rings. The first-order chi connectivity index (χ1) is 36.8. The predicted octanol–water partition coefficient (Wildman–Crippen LogP) is 18.5. The van der Waals surface area contributed by atoms with Crippen molar-refractivity contribution in [3.63, 3.8) is 0 Å². The van der Waals surface area contributed by atoms with Crippen LogP contribution in [-0.4, -0.2) is 11.3 Å². The monoisotopic (exact) mass is 1010 g/mol. The maximum absolute atomic E-state index is 2.98. The first-order valence-corrected chi connectivity index (χ1v) is 31.0. The number of allylic oxidation sites excluding steroid dienone is 1. The lowest BCUT2D eigenvalue weighted by Gasteiger charge is -2.57. The van der Waals surface area contributed by atoms with E-state index in [1.54, 1.807) is 33.1 Å². The molecule has 0 spiro atoms. The maximum atomic E-state index is 2.98. The van der Waals surface area contributed by atoms with Gasteiger partial charge < -0.3 is 9.38 Å². The van der Waals surface area contributed by atoms with Gasteiger partial charge in [-0.1, -0.05) is 117 Å². The van der Waals surface area contributed by atoms with Crippen LogP contribution >= 0.6 is 0 Å². The average Bonchev–Trinajstić information content (AvgIpc) is 2.94. The van der Waals surface area contributed by atoms with Gasteiger partial charge in [0.1, 0.15) is 0 Å². The second kappa shape index (κ2) is 14.9. The third kappa shape index (κ3) is 6.22. The van der Waals surface area contributed by atoms with E-state index in [9.17, 15) is 0 Å². The van der Waals surface area contributed by atoms with E-state index in [4.69, 9.17) is 0 Å². The molecule has 0 radical (unpaired) electrons. The minimum Gasteiger partial charge on any atom is -0.376 e. The van der Waals surface area contributed by atoms with E-state index >= 15 is 0 Å². The van der Waals surface area contributed by atoms with Crippen molar-refractivity contribution >= 4 is 51.2 Å². The number of anilines is 2. The smallest absolute Gasteiger partial charge is 0.329 e. The molecular weight excluding hydrogens is 928 g/mol. The van der Waals surface area contributed by atoms with Gasteiger partial charge in [0, 0.05) is 55.3 Å². The SMILES string of the molecule is Cc1cc2c3c(c1)N(c1ccc(C(C)(C)C)cc1-c1ccccc1)C1=C(B3n3c4ccc(C56CC7CC(CC(C7)C5)C6)cc4c4cc(C56CC7CC(CC(C7)C5)C6)cc-2c43)C(C)(C)c2cc3c(cc21)C(C)(C)CCC3(C)C. The van der Waals surface area contributed by atoms with Crippen molar-refractivity contribution in [1.29, 1.82) is 0 Å². The number of hydrogen-bond acceptors (Lipinski definition) is 1. The first-order valence-electron chi connectivity index (χ1n) is 31.0. The van der Waals surface area contributed by atoms with Crippen LogP contribution in [0, 0.1) is 42.4 Å². The Morgan fingerprint density at radius 3 is 1.70 bits per heavy atom. The van der Waals surface area contributed by atoms with E-state index in [1.165, 1.54) is 173 Å². The fourth-order valence-corrected chi connectivity index (χ4v) is 21.1. The van der Waals surface area contributed by atoms with Gasteiger partial charge >= 0.3 is 6.85 Å². The van der Waals surface area contributed by atoms with Crippen LogP contribution in [0.15, 0.2) is 109 Å². The molecule has 3 heteroatoms. The van der Waals surface area contributed by atoms with E-state index in [-0.39, 0.29) is 33.9 Å². The van der Waals surface area contributed by atoms with Gasteiger partial charge in [-0.2, -0.15) is 0 Å². The Kier molecular flexibility index (Phi) is 9.04. The zero-order valence-electron chi connectivity index (χ0n) is 48.2. The van der Waals surface area contributed by atoms with Crippen molar-refractivity contribution in [3.8, 4) is 22.3 Å². The molecule has 1 aromatic heterocycles. The van der Waals surface area contributed by atoms with Gasteiger partial charge in [-0.05, 0) is 269 Å². The van der Waals surface area contributed by atoms with Crippen molar-refractivity contribution < 1.29 is 0 Å². The Morgan fingerprint density at radius 2 is 1.09 bits per heavy atom. The first kappa shape index (κ1) is 46.6. The third-order valence-electron chi connectivity index (χ3n) is 24.1. The molecular formula is C74H81BN2. The number of fused-ring (bicyclic) bond motifs is 9. The molecule has 6 aromatic carbocycles. The summed E-state index contributed by atoms with van der Waals surface area (Å²) >= 11 is 0. The molecule has 0 atom stereocenters. The molecule has 390 valence electrons. The predicted molar refractivity (Wildman–Crippen MR) is 324 cm³/mol. The summed E-state index contributed by atoms with van der Waals surface area (Å²) in [5.74, 6) is 5.43. The molecule has 2 aliphatic heterocycles. The molecule has 0 amide bonds. The van der Waals surface area contributed by atoms with Crippen LogP contribution in [-0.2, 0) is 32.5 Å². The summed E-state index contributed by atoms with van der Waals surface area (Å²) < 4.78 is 2.98. The Labute approximate surface area is 460 Å². The van der Waals surface area contributed by atoms with Crippen LogP contribution in [0.5, 0.6) is 0 Å². The molecule has 3 heterocycles. The zero-order chi connectivity index (χ0) is 52.2. The van der Waals surface area contributed by atoms with Gasteiger partial charge in [0.25, 0.3) is 0 Å². The highest BCUT2D eigenvalue weighted by molar-refractivity contribution is 6.85. The fraction of sp³-hybridized carbons (Fsp3) is 0.486. The fourth-order valence-electron chi connectivity index (χ4n) is 21.1. The molecule has 77 heavy (non-hydrogen) atoms. The Balaban J connectivity index is 0.995. The second-order valence-electron chi connectivity index (χ2n) is 31.3. The van der Waals surface area contributed by atoms with Gasteiger partial charge in [0.05, 0.1) is 5.69 Å². The summed E-state index contributed by atoms with van der Waals surface area (Å²) in [5.41, 5.74) is 28.4. The standard InChI is InChI=1S/C74H81BN2/c1-42-22-55-57-33-52(74-39-46-27-47(40-74)29-48(28-46)41-74)32-56-54-31-51(73-36-43-24-44(37-73)26-45(25-43)38-73)17-19-63(54)77(66(56)57)75-65(55)64(23-42)76(62-18-16-50(69(2,3)4)30-53(62)49-14-12-11-13-15-49)67-58-34-60-61(35-59(58)72(9,10)68(67)75)71(7,8)21-20-70(60,5)6/h11-19,22-23,30-35,43-48H,20-21,24-29,36-41H2,1-10H3. The molecule has 8 saturated carbocycles. The van der Waals surface area contributed by atoms with E-state index < -0.39 is 0 Å². The summed E-state index contributed by atoms with van der Waals surface area (Å²) in [6.45, 7) is 24.9. The minimum absolute atomic E-state index is 0.00407. The van der Waals surface area contributed by atoms with Crippen LogP contribution < -0.4 is 10.4 Å². The third-order valence-corrected chi connectivity index (χ3v) is 24.1. The molecule has 7 aromatic rings. The van der Waals surface area contributed by atoms with Crippen LogP contribution in [0.2, 0.25) is 0 Å². The lowest BCUT2D eigenvalue weighted by atomic mass is 9.40. The highest BCUT2D eigenvalue weighted by Crippen LogP contribution is 2.65. The van der Waals surface area contributed by atoms with Crippen molar-refractivity contribution in [1.82, 2.24) is 4.48 Å². The summed E-state index contributed by atoms with van der Waals surface area (Å²) in [5, 5.41) is 3.08. The van der Waals surface area contributed by atoms with Gasteiger partial charge in [-0.3, -0.25) is 0 Å². The Hall–Kier alpha value is -5.28. The largest absolute Gasteiger partial charge is 0.376 e. The van der Waals surface area contributed by atoms with Crippen molar-refractivity contribution in [2.75, 3.05) is 4.90 Å². The van der Waals surface area contributed by atoms with E-state index in [0.29, 0.717) is 5.41 Å². The summed E-state index contributed by atoms with van der Waals surface area (Å²) in [6.07, 6.45) is 19.7. The number of nitrogens with zero attached hydrogens (tertiary/aromatic N) is 2. The van der Waals surface area contributed by atoms with E-state index in [1.807, 2.05) is 0 Å². The molecule has 0 N–H and O–H groups in total. The topological polar surface area (TPSA) is 8.17 Å². The number of aromatic nitrogens is 1. The van der Waals surface area contributed by atoms with Crippen LogP contribution in [0.4, 0.5) is 11.4 Å². The van der Waals surface area contributed by atoms with Crippen LogP contribution in [0.25, 0.3) is 49.8 Å². The van der Waals surface area contributed by atoms with Gasteiger partial charge in [0.15, 0.2) is 0 Å². The lowest BCUT2D eigenvalue weighted by Crippen LogP contribution is -2.52. The number of aryl methyl sites for hydroxylation is 1. The quantitative estimate of drug-likeness (QED) is 0.160. The Bertz CT molecular complexity index is 3730. The van der Waals surface area contributed by atoms with Crippen molar-refractivity contribution in [2.24, 2.45) is 35.5 Å². The van der Waals surface area contributed by atoms with E-state index in [0.717, 1.165) is 35.5 Å². The molecule has 19 rings (SSSR count). The number of hydrogen-bond donors (Lipinski definition) is 0. The highest BCUT2D eigenvalue weighted by atomic mass is 15.2. The van der Waals surface area contributed by atoms with Gasteiger partial charge in [0.2, 0.25) is 0 Å². The summed E-state index contributed by atoms with van der Waals surface area (Å²) in [7, 11) is 0. The normalized spacial score (nSPS) is 30.8. The summed E-state index contributed by atoms with van der Waals surface area (Å²) in [6, 6.07) is 43.5. The maximum Gasteiger partial charge on any atom is 0.329 e. The van der Waals surface area contributed by atoms with Gasteiger partial charge in [-0.15, -0.1) is 0 Å².